The van der Waals surface area contributed by atoms with Gasteiger partial charge < -0.3 is 11.1 Å². The molecule has 0 unspecified atom stereocenters. The van der Waals surface area contributed by atoms with Gasteiger partial charge in [0.05, 0.1) is 17.6 Å². The van der Waals surface area contributed by atoms with Crippen LogP contribution in [-0.2, 0) is 0 Å². The lowest BCUT2D eigenvalue weighted by Gasteiger charge is -2.08. The first-order valence-corrected chi connectivity index (χ1v) is 5.28. The van der Waals surface area contributed by atoms with E-state index < -0.39 is 0 Å². The number of nitrogens with two attached hydrogens (primary N) is 1. The molecule has 1 aromatic heterocycles. The topological polar surface area (TPSA) is 50.9 Å². The van der Waals surface area contributed by atoms with E-state index in [1.54, 1.807) is 12.3 Å². The van der Waals surface area contributed by atoms with E-state index >= 15 is 0 Å². The summed E-state index contributed by atoms with van der Waals surface area (Å²) >= 11 is 5.69. The minimum Gasteiger partial charge on any atom is -0.397 e. The van der Waals surface area contributed by atoms with Gasteiger partial charge in [0.1, 0.15) is 5.15 Å². The Bertz CT molecular complexity index is 323. The summed E-state index contributed by atoms with van der Waals surface area (Å²) in [5, 5.41) is 3.71. The van der Waals surface area contributed by atoms with Crippen molar-refractivity contribution in [1.82, 2.24) is 4.98 Å². The molecule has 1 heterocycles. The summed E-state index contributed by atoms with van der Waals surface area (Å²) in [7, 11) is 0. The Morgan fingerprint density at radius 3 is 3.00 bits per heavy atom. The lowest BCUT2D eigenvalue weighted by molar-refractivity contribution is 0.760. The van der Waals surface area contributed by atoms with E-state index in [9.17, 15) is 0 Å². The van der Waals surface area contributed by atoms with E-state index in [2.05, 4.69) is 10.3 Å². The van der Waals surface area contributed by atoms with Crippen LogP contribution in [0.1, 0.15) is 19.3 Å². The first-order chi connectivity index (χ1) is 6.75. The Morgan fingerprint density at radius 1 is 1.57 bits per heavy atom. The van der Waals surface area contributed by atoms with Crippen LogP contribution in [0.3, 0.4) is 0 Å². The number of pyridine rings is 1. The molecule has 0 saturated heterocycles. The molecule has 4 heteroatoms. The van der Waals surface area contributed by atoms with Gasteiger partial charge >= 0.3 is 0 Å². The van der Waals surface area contributed by atoms with Crippen molar-refractivity contribution in [2.24, 2.45) is 5.92 Å². The first kappa shape index (κ1) is 9.59. The maximum atomic E-state index is 5.77. The molecule has 76 valence electrons. The summed E-state index contributed by atoms with van der Waals surface area (Å²) in [6.07, 6.45) is 5.68. The van der Waals surface area contributed by atoms with Crippen molar-refractivity contribution >= 4 is 23.0 Å². The third kappa shape index (κ3) is 2.51. The van der Waals surface area contributed by atoms with Gasteiger partial charge in [-0.05, 0) is 12.3 Å². The highest BCUT2D eigenvalue weighted by molar-refractivity contribution is 6.29. The molecule has 0 spiro atoms. The third-order valence-corrected chi connectivity index (χ3v) is 2.67. The van der Waals surface area contributed by atoms with Crippen LogP contribution in [0.2, 0.25) is 5.15 Å². The minimum absolute atomic E-state index is 0.440. The number of rotatable bonds is 4. The second-order valence-corrected chi connectivity index (χ2v) is 4.14. The van der Waals surface area contributed by atoms with Gasteiger partial charge in [-0.2, -0.15) is 0 Å². The van der Waals surface area contributed by atoms with Crippen molar-refractivity contribution < 1.29 is 0 Å². The quantitative estimate of drug-likeness (QED) is 0.753. The van der Waals surface area contributed by atoms with Crippen LogP contribution in [0.15, 0.2) is 12.3 Å². The SMILES string of the molecule is Nc1cc(Cl)ncc1NCCC1CC1. The summed E-state index contributed by atoms with van der Waals surface area (Å²) in [4.78, 5) is 3.98. The molecule has 0 aliphatic heterocycles. The molecular weight excluding hydrogens is 198 g/mol. The van der Waals surface area contributed by atoms with Gasteiger partial charge in [-0.3, -0.25) is 0 Å². The zero-order chi connectivity index (χ0) is 9.97. The standard InChI is InChI=1S/C10H14ClN3/c11-10-5-8(12)9(6-14-10)13-4-3-7-1-2-7/h5-7,13H,1-4H2,(H2,12,14). The largest absolute Gasteiger partial charge is 0.397 e. The number of halogens is 1. The zero-order valence-corrected chi connectivity index (χ0v) is 8.72. The summed E-state index contributed by atoms with van der Waals surface area (Å²) in [6.45, 7) is 0.970. The Hall–Kier alpha value is -0.960. The molecule has 0 aromatic carbocycles. The van der Waals surface area contributed by atoms with Crippen molar-refractivity contribution in [2.45, 2.75) is 19.3 Å². The molecule has 0 bridgehead atoms. The molecule has 0 atom stereocenters. The number of hydrogen-bond donors (Lipinski definition) is 2. The average molecular weight is 212 g/mol. The molecule has 1 aliphatic rings. The van der Waals surface area contributed by atoms with Gasteiger partial charge in [-0.15, -0.1) is 0 Å². The third-order valence-electron chi connectivity index (χ3n) is 2.47. The molecule has 1 aliphatic carbocycles. The van der Waals surface area contributed by atoms with E-state index in [1.165, 1.54) is 19.3 Å². The molecule has 14 heavy (non-hydrogen) atoms. The summed E-state index contributed by atoms with van der Waals surface area (Å²) in [5.41, 5.74) is 7.32. The van der Waals surface area contributed by atoms with E-state index in [0.29, 0.717) is 10.8 Å². The maximum absolute atomic E-state index is 5.77. The van der Waals surface area contributed by atoms with Crippen LogP contribution in [0.4, 0.5) is 11.4 Å². The van der Waals surface area contributed by atoms with Gasteiger partial charge in [-0.1, -0.05) is 24.4 Å². The summed E-state index contributed by atoms with van der Waals surface area (Å²) < 4.78 is 0. The number of anilines is 2. The van der Waals surface area contributed by atoms with Crippen molar-refractivity contribution in [3.8, 4) is 0 Å². The molecule has 3 N–H and O–H groups in total. The minimum atomic E-state index is 0.440. The van der Waals surface area contributed by atoms with Gasteiger partial charge in [0.15, 0.2) is 0 Å². The Labute approximate surface area is 88.7 Å². The molecule has 1 aromatic rings. The van der Waals surface area contributed by atoms with E-state index in [-0.39, 0.29) is 0 Å². The smallest absolute Gasteiger partial charge is 0.131 e. The van der Waals surface area contributed by atoms with Crippen LogP contribution in [-0.4, -0.2) is 11.5 Å². The average Bonchev–Trinajstić information content (AvgIpc) is 2.92. The monoisotopic (exact) mass is 211 g/mol. The number of nitrogens with one attached hydrogen (secondary N) is 1. The Kier molecular flexibility index (Phi) is 2.77. The fourth-order valence-corrected chi connectivity index (χ4v) is 1.58. The van der Waals surface area contributed by atoms with Gasteiger partial charge in [0.25, 0.3) is 0 Å². The molecular formula is C10H14ClN3. The number of aromatic nitrogens is 1. The number of hydrogen-bond acceptors (Lipinski definition) is 3. The van der Waals surface area contributed by atoms with Gasteiger partial charge in [-0.25, -0.2) is 4.98 Å². The van der Waals surface area contributed by atoms with Crippen LogP contribution in [0.25, 0.3) is 0 Å². The number of nitrogens with zero attached hydrogens (tertiary/aromatic N) is 1. The summed E-state index contributed by atoms with van der Waals surface area (Å²) in [5.74, 6) is 0.934. The van der Waals surface area contributed by atoms with Crippen LogP contribution in [0, 0.1) is 5.92 Å². The van der Waals surface area contributed by atoms with Gasteiger partial charge in [0.2, 0.25) is 0 Å². The molecule has 0 radical (unpaired) electrons. The van der Waals surface area contributed by atoms with E-state index in [4.69, 9.17) is 17.3 Å². The maximum Gasteiger partial charge on any atom is 0.131 e. The fourth-order valence-electron chi connectivity index (χ4n) is 1.41. The molecule has 1 saturated carbocycles. The highest BCUT2D eigenvalue weighted by atomic mass is 35.5. The predicted octanol–water partition coefficient (Wildman–Crippen LogP) is 2.53. The predicted molar refractivity (Wildman–Crippen MR) is 59.5 cm³/mol. The molecule has 2 rings (SSSR count). The van der Waals surface area contributed by atoms with E-state index in [0.717, 1.165) is 18.2 Å². The van der Waals surface area contributed by atoms with Crippen LogP contribution >= 0.6 is 11.6 Å². The van der Waals surface area contributed by atoms with Crippen LogP contribution in [0.5, 0.6) is 0 Å². The Morgan fingerprint density at radius 2 is 2.36 bits per heavy atom. The number of nitrogen functional groups attached to an aromatic ring is 1. The highest BCUT2D eigenvalue weighted by Gasteiger charge is 2.20. The van der Waals surface area contributed by atoms with Crippen molar-refractivity contribution in [3.05, 3.63) is 17.4 Å². The zero-order valence-electron chi connectivity index (χ0n) is 7.96. The summed E-state index contributed by atoms with van der Waals surface area (Å²) in [6, 6.07) is 1.67. The second kappa shape index (κ2) is 4.05. The lowest BCUT2D eigenvalue weighted by atomic mass is 10.3. The lowest BCUT2D eigenvalue weighted by Crippen LogP contribution is -2.05. The van der Waals surface area contributed by atoms with Crippen molar-refractivity contribution in [3.63, 3.8) is 0 Å². The molecule has 1 fully saturated rings. The molecule has 3 nitrogen and oxygen atoms in total. The van der Waals surface area contributed by atoms with Crippen LogP contribution < -0.4 is 11.1 Å². The molecule has 0 amide bonds. The normalized spacial score (nSPS) is 15.5. The van der Waals surface area contributed by atoms with Gasteiger partial charge in [0, 0.05) is 12.6 Å². The van der Waals surface area contributed by atoms with Crippen molar-refractivity contribution in [2.75, 3.05) is 17.6 Å². The van der Waals surface area contributed by atoms with E-state index in [1.807, 2.05) is 0 Å². The first-order valence-electron chi connectivity index (χ1n) is 4.90. The van der Waals surface area contributed by atoms with Crippen molar-refractivity contribution in [1.29, 1.82) is 0 Å². The fraction of sp³-hybridized carbons (Fsp3) is 0.500. The highest BCUT2D eigenvalue weighted by Crippen LogP contribution is 2.32. The second-order valence-electron chi connectivity index (χ2n) is 3.75. The Balaban J connectivity index is 1.87.